The Bertz CT molecular complexity index is 886. The Morgan fingerprint density at radius 2 is 2.10 bits per heavy atom. The molecule has 1 aliphatic heterocycles. The summed E-state index contributed by atoms with van der Waals surface area (Å²) in [7, 11) is 1.60. The average Bonchev–Trinajstić information content (AvgIpc) is 3.37. The maximum atomic E-state index is 12.8. The quantitative estimate of drug-likeness (QED) is 0.502. The van der Waals surface area contributed by atoms with Crippen LogP contribution in [0.25, 0.3) is 10.4 Å². The van der Waals surface area contributed by atoms with E-state index in [0.29, 0.717) is 19.7 Å². The molecule has 0 bridgehead atoms. The number of rotatable bonds is 9. The van der Waals surface area contributed by atoms with Gasteiger partial charge in [0.2, 0.25) is 11.8 Å². The second-order valence-electron chi connectivity index (χ2n) is 7.75. The van der Waals surface area contributed by atoms with Crippen molar-refractivity contribution in [2.45, 2.75) is 45.0 Å². The molecule has 1 aromatic heterocycles. The van der Waals surface area contributed by atoms with Gasteiger partial charge in [0.05, 0.1) is 34.8 Å². The number of aryl methyl sites for hydroxylation is 1. The van der Waals surface area contributed by atoms with Crippen molar-refractivity contribution in [1.29, 1.82) is 0 Å². The summed E-state index contributed by atoms with van der Waals surface area (Å²) in [6.07, 6.45) is -0.459. The maximum Gasteiger partial charge on any atom is 0.243 e. The summed E-state index contributed by atoms with van der Waals surface area (Å²) in [5.41, 5.74) is 4.89. The number of hydrogen-bond acceptors (Lipinski definition) is 7. The van der Waals surface area contributed by atoms with Crippen molar-refractivity contribution in [2.75, 3.05) is 26.8 Å². The van der Waals surface area contributed by atoms with Crippen LogP contribution in [0.5, 0.6) is 0 Å². The van der Waals surface area contributed by atoms with Crippen LogP contribution in [0.2, 0.25) is 0 Å². The minimum atomic E-state index is -0.701. The number of hydrogen-bond donors (Lipinski definition) is 3. The third-order valence-electron chi connectivity index (χ3n) is 5.42. The van der Waals surface area contributed by atoms with E-state index < -0.39 is 18.2 Å². The minimum absolute atomic E-state index is 0.163. The lowest BCUT2D eigenvalue weighted by Crippen LogP contribution is -2.51. The highest BCUT2D eigenvalue weighted by Gasteiger charge is 2.40. The molecule has 1 aromatic carbocycles. The normalized spacial score (nSPS) is 19.4. The van der Waals surface area contributed by atoms with Gasteiger partial charge in [-0.3, -0.25) is 9.59 Å². The molecule has 0 spiro atoms. The molecule has 2 aromatic rings. The Kier molecular flexibility index (Phi) is 8.14. The molecule has 2 heterocycles. The number of aliphatic hydroxyl groups excluding tert-OH is 1. The molecule has 0 unspecified atom stereocenters. The number of β-amino-alcohol motifs (C(OH)–C–C–N with tert-alkyl or cyclic N) is 1. The number of nitrogens with one attached hydrogen (secondary N) is 2. The van der Waals surface area contributed by atoms with E-state index in [1.54, 1.807) is 25.4 Å². The lowest BCUT2D eigenvalue weighted by Gasteiger charge is -2.27. The molecule has 3 atom stereocenters. The summed E-state index contributed by atoms with van der Waals surface area (Å²) < 4.78 is 4.99. The van der Waals surface area contributed by atoms with E-state index in [0.717, 1.165) is 21.7 Å². The number of benzene rings is 1. The first-order valence-electron chi connectivity index (χ1n) is 10.4. The summed E-state index contributed by atoms with van der Waals surface area (Å²) >= 11 is 1.60. The fourth-order valence-electron chi connectivity index (χ4n) is 3.68. The van der Waals surface area contributed by atoms with E-state index in [4.69, 9.17) is 4.74 Å². The number of carbonyl (C=O) groups excluding carboxylic acids is 2. The van der Waals surface area contributed by atoms with Gasteiger partial charge in [0.25, 0.3) is 0 Å². The molecular weight excluding hydrogens is 416 g/mol. The summed E-state index contributed by atoms with van der Waals surface area (Å²) in [6.45, 7) is 5.29. The van der Waals surface area contributed by atoms with E-state index in [1.165, 1.54) is 4.90 Å². The summed E-state index contributed by atoms with van der Waals surface area (Å²) in [4.78, 5) is 32.5. The standard InChI is InChI=1S/C22H30N4O4S/c1-14-20(31-13-25-14)17-6-4-16(5-7-17)11-24-21(28)19-10-18(27)12-26(19)22(29)15(2)23-8-9-30-3/h4-7,13,15,18-19,23,27H,8-12H2,1-3H3,(H,24,28)/t15-,18+,19-/m0/s1. The number of aromatic nitrogens is 1. The zero-order valence-electron chi connectivity index (χ0n) is 18.1. The van der Waals surface area contributed by atoms with Crippen molar-refractivity contribution in [3.05, 3.63) is 41.0 Å². The predicted octanol–water partition coefficient (Wildman–Crippen LogP) is 1.32. The molecule has 0 saturated carbocycles. The number of thiazole rings is 1. The van der Waals surface area contributed by atoms with Crippen molar-refractivity contribution >= 4 is 23.2 Å². The van der Waals surface area contributed by atoms with Gasteiger partial charge in [0.1, 0.15) is 6.04 Å². The largest absolute Gasteiger partial charge is 0.391 e. The number of methoxy groups -OCH3 is 1. The molecular formula is C22H30N4O4S. The van der Waals surface area contributed by atoms with E-state index >= 15 is 0 Å². The molecule has 9 heteroatoms. The van der Waals surface area contributed by atoms with Crippen LogP contribution in [-0.4, -0.2) is 71.8 Å². The van der Waals surface area contributed by atoms with Crippen LogP contribution in [0, 0.1) is 6.92 Å². The fourth-order valence-corrected chi connectivity index (χ4v) is 4.49. The van der Waals surface area contributed by atoms with Crippen LogP contribution in [0.4, 0.5) is 0 Å². The molecule has 0 aliphatic carbocycles. The topological polar surface area (TPSA) is 104 Å². The van der Waals surface area contributed by atoms with Gasteiger partial charge in [-0.25, -0.2) is 4.98 Å². The van der Waals surface area contributed by atoms with Crippen LogP contribution in [-0.2, 0) is 20.9 Å². The minimum Gasteiger partial charge on any atom is -0.391 e. The zero-order valence-corrected chi connectivity index (χ0v) is 18.9. The van der Waals surface area contributed by atoms with E-state index in [-0.39, 0.29) is 24.8 Å². The first kappa shape index (κ1) is 23.3. The van der Waals surface area contributed by atoms with E-state index in [2.05, 4.69) is 15.6 Å². The van der Waals surface area contributed by atoms with Crippen molar-refractivity contribution in [1.82, 2.24) is 20.5 Å². The van der Waals surface area contributed by atoms with Crippen LogP contribution < -0.4 is 10.6 Å². The third-order valence-corrected chi connectivity index (χ3v) is 6.40. The monoisotopic (exact) mass is 446 g/mol. The first-order valence-corrected chi connectivity index (χ1v) is 11.3. The highest BCUT2D eigenvalue weighted by molar-refractivity contribution is 7.13. The number of nitrogens with zero attached hydrogens (tertiary/aromatic N) is 2. The Balaban J connectivity index is 1.57. The number of amides is 2. The van der Waals surface area contributed by atoms with E-state index in [1.807, 2.05) is 36.7 Å². The van der Waals surface area contributed by atoms with Crippen LogP contribution in [0.15, 0.2) is 29.8 Å². The number of ether oxygens (including phenoxy) is 1. The van der Waals surface area contributed by atoms with Crippen LogP contribution in [0.1, 0.15) is 24.6 Å². The zero-order chi connectivity index (χ0) is 22.4. The molecule has 2 amide bonds. The van der Waals surface area contributed by atoms with Crippen molar-refractivity contribution in [3.8, 4) is 10.4 Å². The van der Waals surface area contributed by atoms with Crippen LogP contribution in [0.3, 0.4) is 0 Å². The summed E-state index contributed by atoms with van der Waals surface area (Å²) in [5, 5.41) is 16.1. The lowest BCUT2D eigenvalue weighted by atomic mass is 10.1. The molecule has 31 heavy (non-hydrogen) atoms. The van der Waals surface area contributed by atoms with E-state index in [9.17, 15) is 14.7 Å². The van der Waals surface area contributed by atoms with Gasteiger partial charge >= 0.3 is 0 Å². The van der Waals surface area contributed by atoms with Gasteiger partial charge in [-0.2, -0.15) is 0 Å². The Morgan fingerprint density at radius 1 is 1.35 bits per heavy atom. The van der Waals surface area contributed by atoms with Crippen LogP contribution >= 0.6 is 11.3 Å². The van der Waals surface area contributed by atoms with Gasteiger partial charge in [-0.15, -0.1) is 11.3 Å². The molecule has 3 N–H and O–H groups in total. The SMILES string of the molecule is COCCN[C@@H](C)C(=O)N1C[C@H](O)C[C@H]1C(=O)NCc1ccc(-c2scnc2C)cc1. The second-order valence-corrected chi connectivity index (χ2v) is 8.60. The first-order chi connectivity index (χ1) is 14.9. The highest BCUT2D eigenvalue weighted by Crippen LogP contribution is 2.27. The molecule has 0 radical (unpaired) electrons. The number of aliphatic hydroxyl groups is 1. The fraction of sp³-hybridized carbons (Fsp3) is 0.500. The third kappa shape index (κ3) is 5.88. The Morgan fingerprint density at radius 3 is 2.74 bits per heavy atom. The molecule has 1 aliphatic rings. The van der Waals surface area contributed by atoms with Gasteiger partial charge < -0.3 is 25.4 Å². The number of carbonyl (C=O) groups is 2. The van der Waals surface area contributed by atoms with Gasteiger partial charge in [0.15, 0.2) is 0 Å². The second kappa shape index (κ2) is 10.8. The molecule has 3 rings (SSSR count). The van der Waals surface area contributed by atoms with Crippen molar-refractivity contribution in [2.24, 2.45) is 0 Å². The summed E-state index contributed by atoms with van der Waals surface area (Å²) in [5.74, 6) is -0.451. The number of likely N-dealkylation sites (tertiary alicyclic amines) is 1. The Hall–Kier alpha value is -2.33. The summed E-state index contributed by atoms with van der Waals surface area (Å²) in [6, 6.07) is 6.85. The predicted molar refractivity (Wildman–Crippen MR) is 120 cm³/mol. The van der Waals surface area contributed by atoms with Gasteiger partial charge in [0, 0.05) is 33.2 Å². The van der Waals surface area contributed by atoms with Gasteiger partial charge in [-0.1, -0.05) is 24.3 Å². The Labute approximate surface area is 186 Å². The molecule has 1 saturated heterocycles. The molecule has 1 fully saturated rings. The maximum absolute atomic E-state index is 12.8. The average molecular weight is 447 g/mol. The lowest BCUT2D eigenvalue weighted by molar-refractivity contribution is -0.139. The van der Waals surface area contributed by atoms with Gasteiger partial charge in [-0.05, 0) is 25.0 Å². The molecule has 168 valence electrons. The van der Waals surface area contributed by atoms with Crippen molar-refractivity contribution < 1.29 is 19.4 Å². The smallest absolute Gasteiger partial charge is 0.243 e. The molecule has 8 nitrogen and oxygen atoms in total. The van der Waals surface area contributed by atoms with Crippen molar-refractivity contribution in [3.63, 3.8) is 0 Å². The highest BCUT2D eigenvalue weighted by atomic mass is 32.1.